The maximum Gasteiger partial charge on any atom is 0.165 e. The molecule has 20 heavy (non-hydrogen) atoms. The summed E-state index contributed by atoms with van der Waals surface area (Å²) in [6.07, 6.45) is 0.443. The van der Waals surface area contributed by atoms with Gasteiger partial charge < -0.3 is 10.5 Å². The van der Waals surface area contributed by atoms with Crippen LogP contribution < -0.4 is 10.5 Å². The minimum atomic E-state index is -0.982. The van der Waals surface area contributed by atoms with E-state index in [0.717, 1.165) is 6.07 Å². The van der Waals surface area contributed by atoms with Crippen LogP contribution in [0.25, 0.3) is 0 Å². The Bertz CT molecular complexity index is 602. The molecule has 0 aromatic heterocycles. The molecule has 0 aliphatic heterocycles. The lowest BCUT2D eigenvalue weighted by Crippen LogP contribution is -2.07. The number of nitrogens with two attached hydrogens (primary N) is 1. The van der Waals surface area contributed by atoms with Gasteiger partial charge in [0.2, 0.25) is 0 Å². The average molecular weight is 281 g/mol. The van der Waals surface area contributed by atoms with Crippen LogP contribution in [0, 0.1) is 17.5 Å². The molecule has 2 aromatic rings. The highest BCUT2D eigenvalue weighted by Gasteiger charge is 2.12. The van der Waals surface area contributed by atoms with Gasteiger partial charge in [-0.2, -0.15) is 0 Å². The molecule has 2 nitrogen and oxygen atoms in total. The fraction of sp³-hybridized carbons (Fsp3) is 0.200. The predicted molar refractivity (Wildman–Crippen MR) is 69.8 cm³/mol. The summed E-state index contributed by atoms with van der Waals surface area (Å²) < 4.78 is 45.6. The van der Waals surface area contributed by atoms with E-state index in [9.17, 15) is 13.2 Å². The Morgan fingerprint density at radius 1 is 0.900 bits per heavy atom. The Kier molecular flexibility index (Phi) is 4.63. The SMILES string of the molecule is NCCc1cccc(F)c1OCc1cccc(F)c1F. The summed E-state index contributed by atoms with van der Waals surface area (Å²) in [5.41, 5.74) is 6.08. The minimum Gasteiger partial charge on any atom is -0.485 e. The molecule has 2 aromatic carbocycles. The predicted octanol–water partition coefficient (Wildman–Crippen LogP) is 3.18. The highest BCUT2D eigenvalue weighted by molar-refractivity contribution is 5.35. The van der Waals surface area contributed by atoms with Crippen molar-refractivity contribution in [3.05, 3.63) is 65.0 Å². The van der Waals surface area contributed by atoms with E-state index in [2.05, 4.69) is 0 Å². The molecular formula is C15H14F3NO. The first-order valence-electron chi connectivity index (χ1n) is 6.16. The zero-order chi connectivity index (χ0) is 14.5. The standard InChI is InChI=1S/C15H14F3NO/c16-12-5-2-4-11(14(12)18)9-20-15-10(7-8-19)3-1-6-13(15)17/h1-6H,7-9,19H2. The van der Waals surface area contributed by atoms with E-state index >= 15 is 0 Å². The van der Waals surface area contributed by atoms with Crippen LogP contribution in [0.4, 0.5) is 13.2 Å². The van der Waals surface area contributed by atoms with Gasteiger partial charge in [0, 0.05) is 5.56 Å². The van der Waals surface area contributed by atoms with Gasteiger partial charge in [0.25, 0.3) is 0 Å². The maximum atomic E-state index is 13.7. The second-order valence-corrected chi connectivity index (χ2v) is 4.27. The Morgan fingerprint density at radius 3 is 2.25 bits per heavy atom. The Morgan fingerprint density at radius 2 is 1.55 bits per heavy atom. The highest BCUT2D eigenvalue weighted by atomic mass is 19.2. The Balaban J connectivity index is 2.20. The summed E-state index contributed by atoms with van der Waals surface area (Å²) in [5.74, 6) is -2.46. The third kappa shape index (κ3) is 3.11. The molecule has 0 spiro atoms. The molecule has 0 bridgehead atoms. The first-order valence-corrected chi connectivity index (χ1v) is 6.16. The van der Waals surface area contributed by atoms with Crippen molar-refractivity contribution in [2.24, 2.45) is 5.73 Å². The van der Waals surface area contributed by atoms with Gasteiger partial charge in [-0.15, -0.1) is 0 Å². The van der Waals surface area contributed by atoms with Crippen LogP contribution in [0.1, 0.15) is 11.1 Å². The monoisotopic (exact) mass is 281 g/mol. The zero-order valence-electron chi connectivity index (χ0n) is 10.7. The van der Waals surface area contributed by atoms with Gasteiger partial charge in [0.1, 0.15) is 6.61 Å². The quantitative estimate of drug-likeness (QED) is 0.913. The van der Waals surface area contributed by atoms with Crippen molar-refractivity contribution in [1.29, 1.82) is 0 Å². The van der Waals surface area contributed by atoms with Crippen molar-refractivity contribution in [3.63, 3.8) is 0 Å². The van der Waals surface area contributed by atoms with Gasteiger partial charge in [-0.05, 0) is 30.7 Å². The Hall–Kier alpha value is -2.01. The molecule has 0 unspecified atom stereocenters. The topological polar surface area (TPSA) is 35.2 Å². The molecule has 0 aliphatic rings. The van der Waals surface area contributed by atoms with Crippen LogP contribution in [-0.4, -0.2) is 6.54 Å². The second kappa shape index (κ2) is 6.43. The molecule has 2 rings (SSSR count). The minimum absolute atomic E-state index is 0.0293. The van der Waals surface area contributed by atoms with Crippen molar-refractivity contribution in [2.45, 2.75) is 13.0 Å². The van der Waals surface area contributed by atoms with Crippen LogP contribution in [0.5, 0.6) is 5.75 Å². The largest absolute Gasteiger partial charge is 0.485 e. The summed E-state index contributed by atoms with van der Waals surface area (Å²) >= 11 is 0. The van der Waals surface area contributed by atoms with E-state index in [4.69, 9.17) is 10.5 Å². The number of para-hydroxylation sites is 1. The molecule has 0 heterocycles. The van der Waals surface area contributed by atoms with Crippen molar-refractivity contribution < 1.29 is 17.9 Å². The number of benzene rings is 2. The first kappa shape index (κ1) is 14.4. The lowest BCUT2D eigenvalue weighted by atomic mass is 10.1. The average Bonchev–Trinajstić information content (AvgIpc) is 2.43. The van der Waals surface area contributed by atoms with E-state index in [1.807, 2.05) is 0 Å². The lowest BCUT2D eigenvalue weighted by Gasteiger charge is -2.12. The second-order valence-electron chi connectivity index (χ2n) is 4.27. The van der Waals surface area contributed by atoms with Gasteiger partial charge in [0.15, 0.2) is 23.2 Å². The summed E-state index contributed by atoms with van der Waals surface area (Å²) in [5, 5.41) is 0. The summed E-state index contributed by atoms with van der Waals surface area (Å²) in [6.45, 7) is 0.0935. The van der Waals surface area contributed by atoms with Crippen LogP contribution in [0.2, 0.25) is 0 Å². The molecule has 0 amide bonds. The number of halogens is 3. The number of hydrogen-bond donors (Lipinski definition) is 1. The molecule has 0 radical (unpaired) electrons. The van der Waals surface area contributed by atoms with E-state index in [1.54, 1.807) is 12.1 Å². The summed E-state index contributed by atoms with van der Waals surface area (Å²) in [6, 6.07) is 8.27. The van der Waals surface area contributed by atoms with Crippen molar-refractivity contribution in [1.82, 2.24) is 0 Å². The fourth-order valence-corrected chi connectivity index (χ4v) is 1.88. The molecule has 106 valence electrons. The van der Waals surface area contributed by atoms with E-state index in [0.29, 0.717) is 18.5 Å². The van der Waals surface area contributed by atoms with Gasteiger partial charge in [0.05, 0.1) is 0 Å². The van der Waals surface area contributed by atoms with Crippen molar-refractivity contribution in [3.8, 4) is 5.75 Å². The smallest absolute Gasteiger partial charge is 0.165 e. The number of ether oxygens (including phenoxy) is 1. The molecule has 2 N–H and O–H groups in total. The first-order chi connectivity index (χ1) is 9.63. The van der Waals surface area contributed by atoms with E-state index in [1.165, 1.54) is 18.2 Å². The van der Waals surface area contributed by atoms with E-state index in [-0.39, 0.29) is 17.9 Å². The van der Waals surface area contributed by atoms with Gasteiger partial charge in [-0.3, -0.25) is 0 Å². The van der Waals surface area contributed by atoms with Gasteiger partial charge in [-0.25, -0.2) is 13.2 Å². The maximum absolute atomic E-state index is 13.7. The molecule has 0 atom stereocenters. The molecule has 0 saturated carbocycles. The Labute approximate surface area is 115 Å². The van der Waals surface area contributed by atoms with Crippen LogP contribution in [0.3, 0.4) is 0 Å². The van der Waals surface area contributed by atoms with Crippen LogP contribution >= 0.6 is 0 Å². The molecule has 0 saturated heterocycles. The fourth-order valence-electron chi connectivity index (χ4n) is 1.88. The molecule has 0 aliphatic carbocycles. The van der Waals surface area contributed by atoms with Crippen molar-refractivity contribution >= 4 is 0 Å². The summed E-state index contributed by atoms with van der Waals surface area (Å²) in [4.78, 5) is 0. The van der Waals surface area contributed by atoms with Crippen LogP contribution in [-0.2, 0) is 13.0 Å². The third-order valence-corrected chi connectivity index (χ3v) is 2.87. The molecule has 0 fully saturated rings. The van der Waals surface area contributed by atoms with E-state index < -0.39 is 17.5 Å². The number of rotatable bonds is 5. The van der Waals surface area contributed by atoms with Crippen molar-refractivity contribution in [2.75, 3.05) is 6.54 Å². The zero-order valence-corrected chi connectivity index (χ0v) is 10.7. The highest BCUT2D eigenvalue weighted by Crippen LogP contribution is 2.24. The number of hydrogen-bond acceptors (Lipinski definition) is 2. The lowest BCUT2D eigenvalue weighted by molar-refractivity contribution is 0.279. The van der Waals surface area contributed by atoms with Gasteiger partial charge >= 0.3 is 0 Å². The van der Waals surface area contributed by atoms with Gasteiger partial charge in [-0.1, -0.05) is 24.3 Å². The normalized spacial score (nSPS) is 10.6. The molecular weight excluding hydrogens is 267 g/mol. The molecule has 5 heteroatoms. The van der Waals surface area contributed by atoms with Crippen LogP contribution in [0.15, 0.2) is 36.4 Å². The summed E-state index contributed by atoms with van der Waals surface area (Å²) in [7, 11) is 0. The third-order valence-electron chi connectivity index (χ3n) is 2.87.